The molecule has 0 unspecified atom stereocenters. The third-order valence-electron chi connectivity index (χ3n) is 12.4. The predicted octanol–water partition coefficient (Wildman–Crippen LogP) is 12.2. The molecule has 0 bridgehead atoms. The fourth-order valence-electron chi connectivity index (χ4n) is 9.41. The fraction of sp³-hybridized carbons (Fsp3) is 0. The summed E-state index contributed by atoms with van der Waals surface area (Å²) in [6.45, 7) is 7.77. The first-order valence-corrected chi connectivity index (χ1v) is 23.5. The summed E-state index contributed by atoms with van der Waals surface area (Å²) in [6.07, 6.45) is 0. The molecule has 4 nitrogen and oxygen atoms in total. The number of rotatable bonds is 9. The van der Waals surface area contributed by atoms with Crippen LogP contribution in [0.5, 0.6) is 0 Å². The zero-order valence-electron chi connectivity index (χ0n) is 34.9. The van der Waals surface area contributed by atoms with Crippen molar-refractivity contribution in [2.45, 2.75) is 0 Å². The number of benzene rings is 9. The summed E-state index contributed by atoms with van der Waals surface area (Å²) < 4.78 is 2.14. The van der Waals surface area contributed by atoms with Crippen LogP contribution in [0.1, 0.15) is 0 Å². The molecule has 0 aliphatic heterocycles. The van der Waals surface area contributed by atoms with E-state index in [1.165, 1.54) is 43.0 Å². The smallest absolute Gasteiger partial charge is 0.235 e. The second kappa shape index (κ2) is 16.4. The molecule has 64 heavy (non-hydrogen) atoms. The Balaban J connectivity index is 1.19. The molecule has 0 radical (unpaired) electrons. The van der Waals surface area contributed by atoms with Gasteiger partial charge in [0.05, 0.1) is 29.0 Å². The van der Waals surface area contributed by atoms with Crippen molar-refractivity contribution in [1.82, 2.24) is 14.5 Å². The molecule has 2 aromatic heterocycles. The van der Waals surface area contributed by atoms with Crippen LogP contribution in [-0.2, 0) is 0 Å². The highest BCUT2D eigenvalue weighted by molar-refractivity contribution is 7.20. The molecule has 11 rings (SSSR count). The third-order valence-corrected chi connectivity index (χ3v) is 17.1. The van der Waals surface area contributed by atoms with Crippen LogP contribution in [0.4, 0.5) is 5.69 Å². The zero-order chi connectivity index (χ0) is 42.9. The van der Waals surface area contributed by atoms with Crippen LogP contribution in [0.2, 0.25) is 0 Å². The van der Waals surface area contributed by atoms with Crippen molar-refractivity contribution in [3.8, 4) is 50.7 Å². The average molecular weight is 833 g/mol. The molecule has 0 aliphatic rings. The summed E-state index contributed by atoms with van der Waals surface area (Å²) in [7, 11) is -3.09. The van der Waals surface area contributed by atoms with Gasteiger partial charge in [-0.3, -0.25) is 4.57 Å². The lowest BCUT2D eigenvalue weighted by molar-refractivity contribution is 0.996. The van der Waals surface area contributed by atoms with E-state index in [2.05, 4.69) is 216 Å². The molecule has 0 saturated carbocycles. The minimum absolute atomic E-state index is 0.571. The van der Waals surface area contributed by atoms with E-state index in [1.54, 1.807) is 0 Å². The maximum absolute atomic E-state index is 7.77. The highest BCUT2D eigenvalue weighted by atomic mass is 28.3. The van der Waals surface area contributed by atoms with E-state index in [1.807, 2.05) is 36.4 Å². The largest absolute Gasteiger partial charge is 0.278 e. The number of fused-ring (bicyclic) bond motifs is 3. The van der Waals surface area contributed by atoms with Gasteiger partial charge in [-0.2, -0.15) is 0 Å². The van der Waals surface area contributed by atoms with Gasteiger partial charge in [0.25, 0.3) is 0 Å². The lowest BCUT2D eigenvalue weighted by Crippen LogP contribution is -2.74. The van der Waals surface area contributed by atoms with E-state index < -0.39 is 8.07 Å². The lowest BCUT2D eigenvalue weighted by Gasteiger charge is -2.35. The normalized spacial score (nSPS) is 11.4. The number of nitrogens with zero attached hydrogens (tertiary/aromatic N) is 4. The van der Waals surface area contributed by atoms with Gasteiger partial charge in [-0.15, -0.1) is 0 Å². The Kier molecular flexibility index (Phi) is 9.89. The summed E-state index contributed by atoms with van der Waals surface area (Å²) >= 11 is 0. The van der Waals surface area contributed by atoms with E-state index in [0.717, 1.165) is 44.3 Å². The van der Waals surface area contributed by atoms with E-state index in [-0.39, 0.29) is 0 Å². The minimum atomic E-state index is -3.09. The van der Waals surface area contributed by atoms with Crippen molar-refractivity contribution in [3.63, 3.8) is 0 Å². The van der Waals surface area contributed by atoms with Crippen molar-refractivity contribution in [2.24, 2.45) is 0 Å². The predicted molar refractivity (Wildman–Crippen MR) is 268 cm³/mol. The van der Waals surface area contributed by atoms with Crippen LogP contribution in [0.15, 0.2) is 243 Å². The van der Waals surface area contributed by atoms with Crippen molar-refractivity contribution < 1.29 is 0 Å². The van der Waals surface area contributed by atoms with Crippen molar-refractivity contribution in [1.29, 1.82) is 0 Å². The quantitative estimate of drug-likeness (QED) is 0.0825. The molecular formula is C59H40N4Si. The Morgan fingerprint density at radius 2 is 0.781 bits per heavy atom. The Morgan fingerprint density at radius 1 is 0.344 bits per heavy atom. The molecule has 0 atom stereocenters. The number of para-hydroxylation sites is 1. The van der Waals surface area contributed by atoms with Crippen LogP contribution in [0.25, 0.3) is 77.4 Å². The first kappa shape index (κ1) is 38.5. The van der Waals surface area contributed by atoms with Gasteiger partial charge in [-0.1, -0.05) is 218 Å². The Hall–Kier alpha value is -8.43. The van der Waals surface area contributed by atoms with Gasteiger partial charge in [0.15, 0.2) is 13.8 Å². The monoisotopic (exact) mass is 832 g/mol. The highest BCUT2D eigenvalue weighted by Gasteiger charge is 2.42. The summed E-state index contributed by atoms with van der Waals surface area (Å²) in [5, 5.41) is 7.17. The molecule has 0 amide bonds. The van der Waals surface area contributed by atoms with Gasteiger partial charge in [-0.25, -0.2) is 14.8 Å². The maximum atomic E-state index is 7.77. The summed E-state index contributed by atoms with van der Waals surface area (Å²) in [5.41, 5.74) is 10.9. The van der Waals surface area contributed by atoms with Crippen LogP contribution in [0, 0.1) is 6.57 Å². The second-order valence-electron chi connectivity index (χ2n) is 16.1. The van der Waals surface area contributed by atoms with Crippen LogP contribution < -0.4 is 20.7 Å². The molecule has 2 heterocycles. The average Bonchev–Trinajstić information content (AvgIpc) is 3.71. The summed E-state index contributed by atoms with van der Waals surface area (Å²) in [5.74, 6) is 0.571. The molecule has 5 heteroatoms. The van der Waals surface area contributed by atoms with Crippen LogP contribution in [0.3, 0.4) is 0 Å². The molecule has 0 N–H and O–H groups in total. The molecule has 0 fully saturated rings. The molecule has 0 aliphatic carbocycles. The highest BCUT2D eigenvalue weighted by Crippen LogP contribution is 2.35. The van der Waals surface area contributed by atoms with Gasteiger partial charge < -0.3 is 0 Å². The third kappa shape index (κ3) is 6.80. The van der Waals surface area contributed by atoms with Crippen molar-refractivity contribution in [2.75, 3.05) is 0 Å². The Labute approximate surface area is 373 Å². The van der Waals surface area contributed by atoms with E-state index in [0.29, 0.717) is 11.6 Å². The minimum Gasteiger partial charge on any atom is -0.278 e. The molecule has 9 aromatic carbocycles. The molecular weight excluding hydrogens is 793 g/mol. The number of aromatic nitrogens is 3. The Morgan fingerprint density at radius 3 is 1.36 bits per heavy atom. The molecule has 11 aromatic rings. The topological polar surface area (TPSA) is 35.1 Å². The lowest BCUT2D eigenvalue weighted by atomic mass is 10.1. The van der Waals surface area contributed by atoms with Gasteiger partial charge in [0.2, 0.25) is 5.95 Å². The number of hydrogen-bond donors (Lipinski definition) is 0. The first-order valence-electron chi connectivity index (χ1n) is 21.5. The van der Waals surface area contributed by atoms with Crippen LogP contribution >= 0.6 is 0 Å². The van der Waals surface area contributed by atoms with Crippen molar-refractivity contribution >= 4 is 56.3 Å². The fourth-order valence-corrected chi connectivity index (χ4v) is 14.3. The molecule has 0 saturated heterocycles. The summed E-state index contributed by atoms with van der Waals surface area (Å²) in [6, 6.07) is 86.7. The van der Waals surface area contributed by atoms with Crippen molar-refractivity contribution in [3.05, 3.63) is 254 Å². The molecule has 0 spiro atoms. The van der Waals surface area contributed by atoms with Gasteiger partial charge >= 0.3 is 0 Å². The standard InChI is InChI=1S/C59H40N4Si/c1-60-48-35-36-58-54(40-48)53-33-14-15-34-57(53)63(58)59-61-55(44-23-10-4-11-24-44)41-56(62-59)47-27-18-32-52(39-47)64(49-28-12-5-13-29-49,50-30-16-25-45(37-50)42-19-6-2-7-20-42)51-31-17-26-46(38-51)43-21-8-3-9-22-43/h2-41H. The number of hydrogen-bond acceptors (Lipinski definition) is 2. The zero-order valence-corrected chi connectivity index (χ0v) is 35.9. The van der Waals surface area contributed by atoms with Crippen LogP contribution in [-0.4, -0.2) is 22.6 Å². The Bertz CT molecular complexity index is 3420. The van der Waals surface area contributed by atoms with E-state index >= 15 is 0 Å². The first-order chi connectivity index (χ1) is 31.7. The second-order valence-corrected chi connectivity index (χ2v) is 19.9. The molecule has 300 valence electrons. The van der Waals surface area contributed by atoms with E-state index in [4.69, 9.17) is 16.5 Å². The van der Waals surface area contributed by atoms with E-state index in [9.17, 15) is 0 Å². The SMILES string of the molecule is [C-]#[N+]c1ccc2c(c1)c1ccccc1n2-c1nc(-c2ccccc2)cc(-c2cccc([Si](c3ccccc3)(c3cccc(-c4ccccc4)c3)c3cccc(-c4ccccc4)c3)c2)n1. The summed E-state index contributed by atoms with van der Waals surface area (Å²) in [4.78, 5) is 14.5. The maximum Gasteiger partial charge on any atom is 0.235 e. The van der Waals surface area contributed by atoms with Gasteiger partial charge in [0.1, 0.15) is 0 Å². The van der Waals surface area contributed by atoms with Gasteiger partial charge in [-0.05, 0) is 72.7 Å². The van der Waals surface area contributed by atoms with Gasteiger partial charge in [0, 0.05) is 16.5 Å².